The average molecular weight is 446 g/mol. The number of hydrogen-bond donors (Lipinski definition) is 1. The first-order chi connectivity index (χ1) is 13.0. The first-order valence-corrected chi connectivity index (χ1v) is 9.93. The maximum atomic E-state index is 12.8. The van der Waals surface area contributed by atoms with E-state index in [0.717, 1.165) is 4.47 Å². The molecule has 6 nitrogen and oxygen atoms in total. The van der Waals surface area contributed by atoms with E-state index in [4.69, 9.17) is 4.42 Å². The van der Waals surface area contributed by atoms with Crippen LogP contribution in [0.5, 0.6) is 0 Å². The van der Waals surface area contributed by atoms with Gasteiger partial charge in [0.05, 0.1) is 18.1 Å². The summed E-state index contributed by atoms with van der Waals surface area (Å²) in [5.41, 5.74) is 0.534. The average Bonchev–Trinajstić information content (AvgIpc) is 3.29. The predicted molar refractivity (Wildman–Crippen MR) is 106 cm³/mol. The van der Waals surface area contributed by atoms with Crippen molar-refractivity contribution in [3.05, 3.63) is 63.5 Å². The summed E-state index contributed by atoms with van der Waals surface area (Å²) >= 11 is 4.62. The summed E-state index contributed by atoms with van der Waals surface area (Å²) in [6, 6.07) is 12.6. The van der Waals surface area contributed by atoms with Crippen LogP contribution in [0.1, 0.15) is 19.1 Å². The van der Waals surface area contributed by atoms with Gasteiger partial charge in [0.1, 0.15) is 22.4 Å². The number of hydrogen-bond acceptors (Lipinski definition) is 5. The number of nitrogens with zero attached hydrogens (tertiary/aromatic N) is 2. The second-order valence-electron chi connectivity index (χ2n) is 5.72. The highest BCUT2D eigenvalue weighted by molar-refractivity contribution is 9.10. The van der Waals surface area contributed by atoms with Gasteiger partial charge in [-0.2, -0.15) is 5.26 Å². The van der Waals surface area contributed by atoms with Crippen molar-refractivity contribution < 1.29 is 14.0 Å². The Morgan fingerprint density at radius 1 is 1.37 bits per heavy atom. The van der Waals surface area contributed by atoms with Crippen LogP contribution in [0, 0.1) is 11.3 Å². The number of rotatable bonds is 5. The van der Waals surface area contributed by atoms with E-state index in [0.29, 0.717) is 22.9 Å². The summed E-state index contributed by atoms with van der Waals surface area (Å²) in [6.07, 6.45) is 2.12. The SMILES string of the molecule is CC[C@@H]1S/C(=C(\C#N)C(=O)NCc2ccco2)N(c2ccc(Br)cc2)C1=O. The highest BCUT2D eigenvalue weighted by atomic mass is 79.9. The third-order valence-corrected chi connectivity index (χ3v) is 5.92. The van der Waals surface area contributed by atoms with Crippen molar-refractivity contribution in [2.45, 2.75) is 25.1 Å². The lowest BCUT2D eigenvalue weighted by Gasteiger charge is -2.18. The van der Waals surface area contributed by atoms with Gasteiger partial charge in [-0.25, -0.2) is 0 Å². The van der Waals surface area contributed by atoms with Crippen molar-refractivity contribution in [3.63, 3.8) is 0 Å². The molecule has 0 radical (unpaired) electrons. The molecule has 138 valence electrons. The van der Waals surface area contributed by atoms with Crippen LogP contribution in [0.2, 0.25) is 0 Å². The summed E-state index contributed by atoms with van der Waals surface area (Å²) in [5, 5.41) is 12.3. The molecule has 2 aromatic rings. The van der Waals surface area contributed by atoms with Gasteiger partial charge in [0.2, 0.25) is 5.91 Å². The largest absolute Gasteiger partial charge is 0.467 e. The fourth-order valence-corrected chi connectivity index (χ4v) is 4.07. The van der Waals surface area contributed by atoms with Crippen LogP contribution in [-0.2, 0) is 16.1 Å². The monoisotopic (exact) mass is 445 g/mol. The molecule has 0 saturated carbocycles. The van der Waals surface area contributed by atoms with Gasteiger partial charge in [0, 0.05) is 10.2 Å². The minimum atomic E-state index is -0.539. The Bertz CT molecular complexity index is 917. The maximum absolute atomic E-state index is 12.8. The Morgan fingerprint density at radius 3 is 2.70 bits per heavy atom. The number of benzene rings is 1. The van der Waals surface area contributed by atoms with Gasteiger partial charge in [0.15, 0.2) is 0 Å². The number of carbonyl (C=O) groups is 2. The van der Waals surface area contributed by atoms with E-state index in [1.165, 1.54) is 22.9 Å². The zero-order valence-corrected chi connectivity index (χ0v) is 16.8. The number of anilines is 1. The Morgan fingerprint density at radius 2 is 2.11 bits per heavy atom. The molecule has 1 aromatic carbocycles. The first kappa shape index (κ1) is 19.3. The lowest BCUT2D eigenvalue weighted by atomic mass is 10.2. The molecule has 3 rings (SSSR count). The number of carbonyl (C=O) groups excluding carboxylic acids is 2. The van der Waals surface area contributed by atoms with Crippen molar-refractivity contribution in [1.29, 1.82) is 5.26 Å². The predicted octanol–water partition coefficient (Wildman–Crippen LogP) is 3.95. The molecule has 1 fully saturated rings. The van der Waals surface area contributed by atoms with Crippen molar-refractivity contribution >= 4 is 45.2 Å². The van der Waals surface area contributed by atoms with Gasteiger partial charge < -0.3 is 9.73 Å². The minimum Gasteiger partial charge on any atom is -0.467 e. The van der Waals surface area contributed by atoms with Gasteiger partial charge in [-0.1, -0.05) is 34.6 Å². The normalized spacial score (nSPS) is 18.3. The van der Waals surface area contributed by atoms with Gasteiger partial charge >= 0.3 is 0 Å². The Balaban J connectivity index is 1.94. The molecule has 1 aliphatic rings. The van der Waals surface area contributed by atoms with Crippen LogP contribution in [0.4, 0.5) is 5.69 Å². The number of amides is 2. The van der Waals surface area contributed by atoms with E-state index < -0.39 is 5.91 Å². The molecule has 0 aliphatic carbocycles. The molecule has 1 atom stereocenters. The summed E-state index contributed by atoms with van der Waals surface area (Å²) in [7, 11) is 0. The molecule has 1 aromatic heterocycles. The molecular weight excluding hydrogens is 430 g/mol. The molecule has 0 unspecified atom stereocenters. The summed E-state index contributed by atoms with van der Waals surface area (Å²) < 4.78 is 6.06. The van der Waals surface area contributed by atoms with Gasteiger partial charge in [-0.3, -0.25) is 14.5 Å². The Hall–Kier alpha value is -2.50. The molecular formula is C19H16BrN3O3S. The Kier molecular flexibility index (Phi) is 6.04. The third kappa shape index (κ3) is 4.10. The summed E-state index contributed by atoms with van der Waals surface area (Å²) in [6.45, 7) is 2.07. The van der Waals surface area contributed by atoms with Gasteiger partial charge in [0.25, 0.3) is 5.91 Å². The number of thioether (sulfide) groups is 1. The second kappa shape index (κ2) is 8.46. The van der Waals surface area contributed by atoms with Crippen LogP contribution in [0.3, 0.4) is 0 Å². The molecule has 2 heterocycles. The van der Waals surface area contributed by atoms with Crippen molar-refractivity contribution in [3.8, 4) is 6.07 Å². The van der Waals surface area contributed by atoms with E-state index in [1.807, 2.05) is 25.1 Å². The molecule has 0 spiro atoms. The quantitative estimate of drug-likeness (QED) is 0.555. The van der Waals surface area contributed by atoms with Gasteiger partial charge in [-0.05, 0) is 42.8 Å². The standard InChI is InChI=1S/C19H16BrN3O3S/c1-2-16-18(25)23(13-7-5-12(20)6-8-13)19(27-16)15(10-21)17(24)22-11-14-4-3-9-26-14/h3-9,16H,2,11H2,1H3,(H,22,24)/b19-15+/t16-/m0/s1. The van der Waals surface area contributed by atoms with E-state index in [9.17, 15) is 14.9 Å². The van der Waals surface area contributed by atoms with Crippen LogP contribution < -0.4 is 10.2 Å². The zero-order valence-electron chi connectivity index (χ0n) is 14.4. The molecule has 1 saturated heterocycles. The van der Waals surface area contributed by atoms with E-state index >= 15 is 0 Å². The van der Waals surface area contributed by atoms with E-state index in [2.05, 4.69) is 21.2 Å². The molecule has 27 heavy (non-hydrogen) atoms. The third-order valence-electron chi connectivity index (χ3n) is 3.96. The first-order valence-electron chi connectivity index (χ1n) is 8.26. The highest BCUT2D eigenvalue weighted by Crippen LogP contribution is 2.41. The van der Waals surface area contributed by atoms with Crippen molar-refractivity contribution in [1.82, 2.24) is 5.32 Å². The number of furan rings is 1. The number of halogens is 1. The number of nitriles is 1. The lowest BCUT2D eigenvalue weighted by molar-refractivity contribution is -0.117. The minimum absolute atomic E-state index is 0.0845. The van der Waals surface area contributed by atoms with Crippen LogP contribution in [0.15, 0.2) is 62.2 Å². The van der Waals surface area contributed by atoms with Crippen LogP contribution >= 0.6 is 27.7 Å². The van der Waals surface area contributed by atoms with Crippen LogP contribution in [0.25, 0.3) is 0 Å². The molecule has 1 N–H and O–H groups in total. The molecule has 8 heteroatoms. The second-order valence-corrected chi connectivity index (χ2v) is 7.83. The van der Waals surface area contributed by atoms with Gasteiger partial charge in [-0.15, -0.1) is 0 Å². The topological polar surface area (TPSA) is 86.3 Å². The smallest absolute Gasteiger partial charge is 0.265 e. The molecule has 2 amide bonds. The zero-order chi connectivity index (χ0) is 19.4. The summed E-state index contributed by atoms with van der Waals surface area (Å²) in [4.78, 5) is 26.9. The van der Waals surface area contributed by atoms with Crippen molar-refractivity contribution in [2.75, 3.05) is 4.90 Å². The fraction of sp³-hybridized carbons (Fsp3) is 0.211. The summed E-state index contributed by atoms with van der Waals surface area (Å²) in [5.74, 6) is -0.0912. The van der Waals surface area contributed by atoms with Crippen molar-refractivity contribution in [2.24, 2.45) is 0 Å². The maximum Gasteiger partial charge on any atom is 0.265 e. The Labute approximate surface area is 169 Å². The fourth-order valence-electron chi connectivity index (χ4n) is 2.61. The molecule has 1 aliphatic heterocycles. The highest BCUT2D eigenvalue weighted by Gasteiger charge is 2.39. The lowest BCUT2D eigenvalue weighted by Crippen LogP contribution is -2.31. The number of nitrogens with one attached hydrogen (secondary N) is 1. The van der Waals surface area contributed by atoms with E-state index in [1.54, 1.807) is 24.3 Å². The van der Waals surface area contributed by atoms with Crippen LogP contribution in [-0.4, -0.2) is 17.1 Å². The molecule has 0 bridgehead atoms. The van der Waals surface area contributed by atoms with E-state index in [-0.39, 0.29) is 23.3 Å².